The molecular formula is C13H26ClN3O2. The smallest absolute Gasteiger partial charge is 0.332 e. The summed E-state index contributed by atoms with van der Waals surface area (Å²) < 4.78 is 4.81. The normalized spacial score (nSPS) is 13.8. The third kappa shape index (κ3) is 8.86. The topological polar surface area (TPSA) is 67.6 Å². The molecule has 0 aliphatic heterocycles. The fraction of sp³-hybridized carbons (Fsp3) is 0.769. The Hall–Kier alpha value is -0.780. The van der Waals surface area contributed by atoms with Crippen LogP contribution in [0.15, 0.2) is 12.3 Å². The summed E-state index contributed by atoms with van der Waals surface area (Å²) in [5.41, 5.74) is 0.00291. The molecule has 5 nitrogen and oxygen atoms in total. The summed E-state index contributed by atoms with van der Waals surface area (Å²) in [6.07, 6.45) is 2.99. The average molecular weight is 292 g/mol. The van der Waals surface area contributed by atoms with Gasteiger partial charge in [0.15, 0.2) is 0 Å². The Morgan fingerprint density at radius 3 is 2.63 bits per heavy atom. The van der Waals surface area contributed by atoms with E-state index in [9.17, 15) is 4.79 Å². The summed E-state index contributed by atoms with van der Waals surface area (Å²) in [6.45, 7) is 9.74. The van der Waals surface area contributed by atoms with Crippen molar-refractivity contribution in [2.45, 2.75) is 33.7 Å². The number of nitrogens with zero attached hydrogens (tertiary/aromatic N) is 1. The largest absolute Gasteiger partial charge is 0.463 e. The molecule has 6 heteroatoms. The van der Waals surface area contributed by atoms with E-state index < -0.39 is 0 Å². The highest BCUT2D eigenvalue weighted by Gasteiger charge is 2.24. The van der Waals surface area contributed by atoms with Crippen LogP contribution in [-0.2, 0) is 9.53 Å². The van der Waals surface area contributed by atoms with Gasteiger partial charge < -0.3 is 10.1 Å². The molecule has 0 heterocycles. The molecule has 0 amide bonds. The summed E-state index contributed by atoms with van der Waals surface area (Å²) >= 11 is 5.66. The van der Waals surface area contributed by atoms with E-state index in [1.54, 1.807) is 18.1 Å². The van der Waals surface area contributed by atoms with Crippen LogP contribution >= 0.6 is 11.6 Å². The fourth-order valence-corrected chi connectivity index (χ4v) is 1.65. The maximum absolute atomic E-state index is 11.2. The lowest BCUT2D eigenvalue weighted by atomic mass is 9.86. The minimum absolute atomic E-state index is 0.00291. The third-order valence-corrected chi connectivity index (χ3v) is 2.81. The van der Waals surface area contributed by atoms with Crippen molar-refractivity contribution in [2.24, 2.45) is 11.3 Å². The van der Waals surface area contributed by atoms with E-state index >= 15 is 0 Å². The zero-order valence-corrected chi connectivity index (χ0v) is 13.0. The lowest BCUT2D eigenvalue weighted by Crippen LogP contribution is -2.49. The second kappa shape index (κ2) is 9.18. The van der Waals surface area contributed by atoms with Crippen molar-refractivity contribution < 1.29 is 9.53 Å². The highest BCUT2D eigenvalue weighted by molar-refractivity contribution is 6.18. The molecule has 0 aliphatic rings. The van der Waals surface area contributed by atoms with Crippen LogP contribution in [0.5, 0.6) is 0 Å². The van der Waals surface area contributed by atoms with Gasteiger partial charge in [0.2, 0.25) is 0 Å². The highest BCUT2D eigenvalue weighted by atomic mass is 35.5. The van der Waals surface area contributed by atoms with E-state index in [-0.39, 0.29) is 17.4 Å². The van der Waals surface area contributed by atoms with Crippen molar-refractivity contribution in [3.8, 4) is 0 Å². The van der Waals surface area contributed by atoms with Crippen molar-refractivity contribution in [1.82, 2.24) is 10.3 Å². The van der Waals surface area contributed by atoms with Gasteiger partial charge in [-0.1, -0.05) is 20.8 Å². The highest BCUT2D eigenvalue weighted by Crippen LogP contribution is 2.19. The first-order chi connectivity index (χ1) is 8.81. The van der Waals surface area contributed by atoms with Gasteiger partial charge >= 0.3 is 5.97 Å². The van der Waals surface area contributed by atoms with Crippen LogP contribution in [0, 0.1) is 5.41 Å². The van der Waals surface area contributed by atoms with E-state index in [0.29, 0.717) is 25.6 Å². The number of rotatable bonds is 8. The molecule has 0 rings (SSSR count). The number of carbonyl (C=O) groups is 1. The first-order valence-electron chi connectivity index (χ1n) is 6.46. The van der Waals surface area contributed by atoms with Crippen molar-refractivity contribution in [3.05, 3.63) is 12.3 Å². The fourth-order valence-electron chi connectivity index (χ4n) is 1.43. The Kier molecular flexibility index (Phi) is 8.80. The second-order valence-corrected chi connectivity index (χ2v) is 5.73. The average Bonchev–Trinajstić information content (AvgIpc) is 2.27. The van der Waals surface area contributed by atoms with E-state index in [2.05, 4.69) is 26.1 Å². The minimum Gasteiger partial charge on any atom is -0.463 e. The number of hydrazine groups is 1. The Morgan fingerprint density at radius 2 is 2.16 bits per heavy atom. The first kappa shape index (κ1) is 18.2. The van der Waals surface area contributed by atoms with Crippen LogP contribution in [-0.4, -0.2) is 42.6 Å². The molecule has 0 spiro atoms. The van der Waals surface area contributed by atoms with Gasteiger partial charge in [0, 0.05) is 37.3 Å². The van der Waals surface area contributed by atoms with Crippen molar-refractivity contribution in [3.63, 3.8) is 0 Å². The van der Waals surface area contributed by atoms with Crippen LogP contribution in [0.4, 0.5) is 0 Å². The van der Waals surface area contributed by atoms with Crippen molar-refractivity contribution in [2.75, 3.05) is 25.6 Å². The van der Waals surface area contributed by atoms with Crippen LogP contribution < -0.4 is 11.2 Å². The number of hydrogen-bond acceptors (Lipinski definition) is 5. The maximum atomic E-state index is 11.2. The van der Waals surface area contributed by atoms with Crippen LogP contribution in [0.25, 0.3) is 0 Å². The lowest BCUT2D eigenvalue weighted by Gasteiger charge is -2.33. The molecule has 112 valence electrons. The Bertz CT molecular complexity index is 290. The van der Waals surface area contributed by atoms with Gasteiger partial charge in [-0.15, -0.1) is 11.6 Å². The molecule has 0 aromatic heterocycles. The van der Waals surface area contributed by atoms with Gasteiger partial charge in [0.1, 0.15) is 0 Å². The summed E-state index contributed by atoms with van der Waals surface area (Å²) in [6, 6.07) is 0.103. The number of esters is 1. The monoisotopic (exact) mass is 291 g/mol. The quantitative estimate of drug-likeness (QED) is 0.233. The number of nitrogens with two attached hydrogens (primary N) is 1. The van der Waals surface area contributed by atoms with Gasteiger partial charge in [0.05, 0.1) is 6.61 Å². The molecule has 0 aromatic carbocycles. The molecule has 1 atom stereocenters. The van der Waals surface area contributed by atoms with E-state index in [0.717, 1.165) is 0 Å². The molecular weight excluding hydrogens is 266 g/mol. The molecule has 0 aromatic rings. The van der Waals surface area contributed by atoms with Crippen LogP contribution in [0.1, 0.15) is 27.7 Å². The van der Waals surface area contributed by atoms with Gasteiger partial charge in [-0.25, -0.2) is 9.80 Å². The molecule has 3 N–H and O–H groups in total. The first-order valence-corrected chi connectivity index (χ1v) is 6.99. The zero-order valence-electron chi connectivity index (χ0n) is 12.3. The summed E-state index contributed by atoms with van der Waals surface area (Å²) in [7, 11) is 0. The predicted octanol–water partition coefficient (Wildman–Crippen LogP) is 1.48. The molecule has 0 aliphatic carbocycles. The molecule has 0 bridgehead atoms. The van der Waals surface area contributed by atoms with Gasteiger partial charge in [-0.3, -0.25) is 5.84 Å². The number of alkyl halides is 1. The SMILES string of the molecule is CCOC(=O)/C=C/N[C@@H](CN(N)CCCl)C(C)(C)C. The lowest BCUT2D eigenvalue weighted by molar-refractivity contribution is -0.137. The van der Waals surface area contributed by atoms with Crippen LogP contribution in [0.2, 0.25) is 0 Å². The molecule has 0 unspecified atom stereocenters. The Morgan fingerprint density at radius 1 is 1.53 bits per heavy atom. The zero-order chi connectivity index (χ0) is 14.9. The molecule has 19 heavy (non-hydrogen) atoms. The molecule has 0 saturated heterocycles. The summed E-state index contributed by atoms with van der Waals surface area (Å²) in [5.74, 6) is 5.99. The number of hydrogen-bond donors (Lipinski definition) is 2. The summed E-state index contributed by atoms with van der Waals surface area (Å²) in [4.78, 5) is 11.2. The number of carbonyl (C=O) groups excluding carboxylic acids is 1. The number of nitrogens with one attached hydrogen (secondary N) is 1. The number of halogens is 1. The van der Waals surface area contributed by atoms with Gasteiger partial charge in [-0.05, 0) is 12.3 Å². The van der Waals surface area contributed by atoms with E-state index in [1.807, 2.05) is 0 Å². The van der Waals surface area contributed by atoms with Gasteiger partial charge in [0.25, 0.3) is 0 Å². The molecule has 0 radical (unpaired) electrons. The third-order valence-electron chi connectivity index (χ3n) is 2.64. The van der Waals surface area contributed by atoms with E-state index in [1.165, 1.54) is 6.08 Å². The Balaban J connectivity index is 4.41. The van der Waals surface area contributed by atoms with E-state index in [4.69, 9.17) is 22.2 Å². The predicted molar refractivity (Wildman–Crippen MR) is 78.6 cm³/mol. The van der Waals surface area contributed by atoms with Crippen molar-refractivity contribution in [1.29, 1.82) is 0 Å². The van der Waals surface area contributed by atoms with Crippen molar-refractivity contribution >= 4 is 17.6 Å². The van der Waals surface area contributed by atoms with Crippen LogP contribution in [0.3, 0.4) is 0 Å². The molecule has 0 fully saturated rings. The Labute approximate surface area is 121 Å². The number of ether oxygens (including phenoxy) is 1. The standard InChI is InChI=1S/C13H26ClN3O2/c1-5-19-12(18)6-8-16-11(13(2,3)4)10-17(15)9-7-14/h6,8,11,16H,5,7,9-10,15H2,1-4H3/b8-6+/t11-/m0/s1. The second-order valence-electron chi connectivity index (χ2n) is 5.35. The van der Waals surface area contributed by atoms with Gasteiger partial charge in [-0.2, -0.15) is 0 Å². The molecule has 0 saturated carbocycles. The minimum atomic E-state index is -0.354. The maximum Gasteiger partial charge on any atom is 0.332 e. The summed E-state index contributed by atoms with van der Waals surface area (Å²) in [5, 5.41) is 4.87.